The number of nitro groups is 1. The van der Waals surface area contributed by atoms with E-state index in [1.807, 2.05) is 0 Å². The van der Waals surface area contributed by atoms with Gasteiger partial charge in [0.05, 0.1) is 11.0 Å². The fourth-order valence-corrected chi connectivity index (χ4v) is 1.34. The number of hydrogen-bond donors (Lipinski definition) is 2. The van der Waals surface area contributed by atoms with E-state index in [1.54, 1.807) is 14.0 Å². The van der Waals surface area contributed by atoms with E-state index in [0.717, 1.165) is 6.42 Å². The largest absolute Gasteiger partial charge is 0.393 e. The molecule has 0 amide bonds. The van der Waals surface area contributed by atoms with Gasteiger partial charge in [-0.2, -0.15) is 0 Å². The van der Waals surface area contributed by atoms with Gasteiger partial charge < -0.3 is 10.4 Å². The molecule has 7 heteroatoms. The molecule has 0 aromatic carbocycles. The molecule has 0 saturated carbocycles. The molecule has 1 heterocycles. The minimum Gasteiger partial charge on any atom is -0.393 e. The summed E-state index contributed by atoms with van der Waals surface area (Å²) in [6.07, 6.45) is 2.41. The molecule has 16 heavy (non-hydrogen) atoms. The molecule has 1 rings (SSSR count). The van der Waals surface area contributed by atoms with Gasteiger partial charge in [0.2, 0.25) is 5.82 Å². The van der Waals surface area contributed by atoms with Crippen LogP contribution in [0.25, 0.3) is 0 Å². The molecule has 0 aliphatic rings. The third-order valence-corrected chi connectivity index (χ3v) is 2.10. The van der Waals surface area contributed by atoms with Crippen molar-refractivity contribution in [2.45, 2.75) is 25.9 Å². The molecule has 1 unspecified atom stereocenters. The Morgan fingerprint density at radius 2 is 2.44 bits per heavy atom. The SMILES string of the molecule is CC(O)CCCNc1nn(C)cc1[N+](=O)[O-]. The fourth-order valence-electron chi connectivity index (χ4n) is 1.34. The van der Waals surface area contributed by atoms with Crippen molar-refractivity contribution in [1.29, 1.82) is 0 Å². The average molecular weight is 228 g/mol. The van der Waals surface area contributed by atoms with Gasteiger partial charge in [0.15, 0.2) is 0 Å². The third-order valence-electron chi connectivity index (χ3n) is 2.10. The van der Waals surface area contributed by atoms with Crippen molar-refractivity contribution in [3.05, 3.63) is 16.3 Å². The van der Waals surface area contributed by atoms with Gasteiger partial charge in [-0.15, -0.1) is 5.10 Å². The van der Waals surface area contributed by atoms with Gasteiger partial charge in [-0.3, -0.25) is 14.8 Å². The maximum absolute atomic E-state index is 10.6. The molecule has 1 atom stereocenters. The summed E-state index contributed by atoms with van der Waals surface area (Å²) in [5.74, 6) is 0.276. The van der Waals surface area contributed by atoms with Crippen LogP contribution in [-0.2, 0) is 7.05 Å². The van der Waals surface area contributed by atoms with Gasteiger partial charge in [0.1, 0.15) is 6.20 Å². The Labute approximate surface area is 93.2 Å². The van der Waals surface area contributed by atoms with Gasteiger partial charge in [0, 0.05) is 13.6 Å². The van der Waals surface area contributed by atoms with Crippen molar-refractivity contribution in [2.75, 3.05) is 11.9 Å². The van der Waals surface area contributed by atoms with Crippen LogP contribution in [0.5, 0.6) is 0 Å². The van der Waals surface area contributed by atoms with Crippen LogP contribution < -0.4 is 5.32 Å². The number of aromatic nitrogens is 2. The van der Waals surface area contributed by atoms with Crippen molar-refractivity contribution in [1.82, 2.24) is 9.78 Å². The number of hydrogen-bond acceptors (Lipinski definition) is 5. The van der Waals surface area contributed by atoms with E-state index in [1.165, 1.54) is 10.9 Å². The van der Waals surface area contributed by atoms with E-state index in [2.05, 4.69) is 10.4 Å². The second kappa shape index (κ2) is 5.45. The first kappa shape index (κ1) is 12.4. The first-order chi connectivity index (χ1) is 7.50. The Kier molecular flexibility index (Phi) is 4.24. The molecule has 0 saturated heterocycles. The molecule has 0 radical (unpaired) electrons. The fraction of sp³-hybridized carbons (Fsp3) is 0.667. The Morgan fingerprint density at radius 1 is 1.75 bits per heavy atom. The van der Waals surface area contributed by atoms with Crippen LogP contribution in [-0.4, -0.2) is 32.5 Å². The molecule has 0 aliphatic heterocycles. The highest BCUT2D eigenvalue weighted by atomic mass is 16.6. The molecular formula is C9H16N4O3. The van der Waals surface area contributed by atoms with Gasteiger partial charge in [0.25, 0.3) is 0 Å². The molecule has 7 nitrogen and oxygen atoms in total. The van der Waals surface area contributed by atoms with Crippen LogP contribution in [0.15, 0.2) is 6.20 Å². The molecule has 90 valence electrons. The lowest BCUT2D eigenvalue weighted by molar-refractivity contribution is -0.384. The zero-order valence-electron chi connectivity index (χ0n) is 9.38. The Morgan fingerprint density at radius 3 is 3.00 bits per heavy atom. The van der Waals surface area contributed by atoms with E-state index in [4.69, 9.17) is 5.11 Å². The Hall–Kier alpha value is -1.63. The number of aliphatic hydroxyl groups is 1. The number of aryl methyl sites for hydroxylation is 1. The molecule has 0 spiro atoms. The van der Waals surface area contributed by atoms with E-state index in [9.17, 15) is 10.1 Å². The predicted octanol–water partition coefficient (Wildman–Crippen LogP) is 0.901. The maximum atomic E-state index is 10.6. The first-order valence-electron chi connectivity index (χ1n) is 5.10. The smallest absolute Gasteiger partial charge is 0.330 e. The molecular weight excluding hydrogens is 212 g/mol. The quantitative estimate of drug-likeness (QED) is 0.428. The summed E-state index contributed by atoms with van der Waals surface area (Å²) >= 11 is 0. The number of anilines is 1. The van der Waals surface area contributed by atoms with Crippen molar-refractivity contribution in [3.63, 3.8) is 0 Å². The minimum atomic E-state index is -0.468. The zero-order valence-corrected chi connectivity index (χ0v) is 9.38. The van der Waals surface area contributed by atoms with Crippen LogP contribution in [0.4, 0.5) is 11.5 Å². The summed E-state index contributed by atoms with van der Waals surface area (Å²) < 4.78 is 1.40. The van der Waals surface area contributed by atoms with Crippen LogP contribution in [0.2, 0.25) is 0 Å². The van der Waals surface area contributed by atoms with Gasteiger partial charge in [-0.05, 0) is 19.8 Å². The number of nitrogens with one attached hydrogen (secondary N) is 1. The number of rotatable bonds is 6. The van der Waals surface area contributed by atoms with Gasteiger partial charge in [-0.1, -0.05) is 0 Å². The van der Waals surface area contributed by atoms with Gasteiger partial charge >= 0.3 is 5.69 Å². The lowest BCUT2D eigenvalue weighted by Gasteiger charge is -2.04. The summed E-state index contributed by atoms with van der Waals surface area (Å²) in [4.78, 5) is 10.2. The van der Waals surface area contributed by atoms with Crippen molar-refractivity contribution in [3.8, 4) is 0 Å². The third kappa shape index (κ3) is 3.50. The normalized spacial score (nSPS) is 12.4. The van der Waals surface area contributed by atoms with Gasteiger partial charge in [-0.25, -0.2) is 0 Å². The molecule has 2 N–H and O–H groups in total. The molecule has 0 fully saturated rings. The highest BCUT2D eigenvalue weighted by Gasteiger charge is 2.17. The maximum Gasteiger partial charge on any atom is 0.330 e. The minimum absolute atomic E-state index is 0.0282. The molecule has 1 aromatic heterocycles. The van der Waals surface area contributed by atoms with E-state index in [0.29, 0.717) is 13.0 Å². The topological polar surface area (TPSA) is 93.2 Å². The lowest BCUT2D eigenvalue weighted by Crippen LogP contribution is -2.08. The Bertz CT molecular complexity index is 362. The lowest BCUT2D eigenvalue weighted by atomic mass is 10.2. The zero-order chi connectivity index (χ0) is 12.1. The second-order valence-electron chi connectivity index (χ2n) is 3.71. The van der Waals surface area contributed by atoms with Crippen LogP contribution in [0.3, 0.4) is 0 Å². The Balaban J connectivity index is 2.50. The van der Waals surface area contributed by atoms with Crippen LogP contribution in [0, 0.1) is 10.1 Å². The predicted molar refractivity (Wildman–Crippen MR) is 59.3 cm³/mol. The standard InChI is InChI=1S/C9H16N4O3/c1-7(14)4-3-5-10-9-8(13(15)16)6-12(2)11-9/h6-7,14H,3-5H2,1-2H3,(H,10,11). The summed E-state index contributed by atoms with van der Waals surface area (Å²) in [6, 6.07) is 0. The summed E-state index contributed by atoms with van der Waals surface area (Å²) in [5, 5.41) is 26.5. The summed E-state index contributed by atoms with van der Waals surface area (Å²) in [7, 11) is 1.63. The van der Waals surface area contributed by atoms with Crippen molar-refractivity contribution < 1.29 is 10.0 Å². The van der Waals surface area contributed by atoms with E-state index >= 15 is 0 Å². The number of aliphatic hydroxyl groups excluding tert-OH is 1. The highest BCUT2D eigenvalue weighted by Crippen LogP contribution is 2.21. The van der Waals surface area contributed by atoms with E-state index < -0.39 is 4.92 Å². The van der Waals surface area contributed by atoms with Crippen LogP contribution in [0.1, 0.15) is 19.8 Å². The molecule has 0 aliphatic carbocycles. The molecule has 1 aromatic rings. The van der Waals surface area contributed by atoms with Crippen molar-refractivity contribution >= 4 is 11.5 Å². The number of nitrogens with zero attached hydrogens (tertiary/aromatic N) is 3. The summed E-state index contributed by atoms with van der Waals surface area (Å²) in [6.45, 7) is 2.27. The monoisotopic (exact) mass is 228 g/mol. The summed E-state index contributed by atoms with van der Waals surface area (Å²) in [5.41, 5.74) is -0.0282. The molecule has 0 bridgehead atoms. The second-order valence-corrected chi connectivity index (χ2v) is 3.71. The van der Waals surface area contributed by atoms with Crippen molar-refractivity contribution in [2.24, 2.45) is 7.05 Å². The van der Waals surface area contributed by atoms with E-state index in [-0.39, 0.29) is 17.6 Å². The first-order valence-corrected chi connectivity index (χ1v) is 5.10. The highest BCUT2D eigenvalue weighted by molar-refractivity contribution is 5.54. The average Bonchev–Trinajstić information content (AvgIpc) is 2.54. The van der Waals surface area contributed by atoms with Crippen LogP contribution >= 0.6 is 0 Å².